The van der Waals surface area contributed by atoms with Gasteiger partial charge in [-0.1, -0.05) is 11.6 Å². The third-order valence-electron chi connectivity index (χ3n) is 3.49. The van der Waals surface area contributed by atoms with Crippen molar-refractivity contribution in [3.63, 3.8) is 0 Å². The molecule has 110 valence electrons. The van der Waals surface area contributed by atoms with Crippen molar-refractivity contribution in [2.24, 2.45) is 0 Å². The van der Waals surface area contributed by atoms with Crippen LogP contribution in [0.3, 0.4) is 0 Å². The van der Waals surface area contributed by atoms with E-state index in [4.69, 9.17) is 0 Å². The van der Waals surface area contributed by atoms with Crippen molar-refractivity contribution in [3.05, 3.63) is 29.1 Å². The molecule has 0 saturated heterocycles. The minimum absolute atomic E-state index is 0.111. The van der Waals surface area contributed by atoms with E-state index in [2.05, 4.69) is 60.9 Å². The third-order valence-corrected chi connectivity index (χ3v) is 3.49. The van der Waals surface area contributed by atoms with E-state index in [-0.39, 0.29) is 5.54 Å². The molecule has 1 aromatic rings. The second-order valence-corrected chi connectivity index (χ2v) is 6.64. The van der Waals surface area contributed by atoms with Crippen molar-refractivity contribution >= 4 is 5.95 Å². The molecule has 0 bridgehead atoms. The number of anilines is 1. The van der Waals surface area contributed by atoms with Crippen LogP contribution in [0, 0.1) is 6.92 Å². The molecule has 4 nitrogen and oxygen atoms in total. The van der Waals surface area contributed by atoms with E-state index in [0.29, 0.717) is 0 Å². The Kier molecular flexibility index (Phi) is 4.43. The predicted octanol–water partition coefficient (Wildman–Crippen LogP) is 2.83. The molecule has 0 unspecified atom stereocenters. The molecule has 20 heavy (non-hydrogen) atoms. The summed E-state index contributed by atoms with van der Waals surface area (Å²) in [5.41, 5.74) is 3.75. The number of aryl methyl sites for hydroxylation is 1. The Morgan fingerprint density at radius 2 is 2.05 bits per heavy atom. The van der Waals surface area contributed by atoms with Crippen LogP contribution in [0.4, 0.5) is 5.95 Å². The van der Waals surface area contributed by atoms with Gasteiger partial charge in [-0.15, -0.1) is 0 Å². The molecular formula is C16H26N4. The largest absolute Gasteiger partial charge is 0.337 e. The SMILES string of the molecule is CC1=CCCN(c2ncc(CNC(C)(C)C)c(C)n2)C1. The summed E-state index contributed by atoms with van der Waals surface area (Å²) in [5, 5.41) is 3.48. The Balaban J connectivity index is 2.08. The van der Waals surface area contributed by atoms with Crippen LogP contribution in [0.2, 0.25) is 0 Å². The van der Waals surface area contributed by atoms with Gasteiger partial charge >= 0.3 is 0 Å². The molecule has 0 spiro atoms. The van der Waals surface area contributed by atoms with Crippen molar-refractivity contribution in [2.45, 2.75) is 53.1 Å². The molecule has 4 heteroatoms. The standard InChI is InChI=1S/C16H26N4/c1-12-7-6-8-20(11-12)15-17-9-14(13(2)19-15)10-18-16(3,4)5/h7,9,18H,6,8,10-11H2,1-5H3. The number of nitrogens with zero attached hydrogens (tertiary/aromatic N) is 3. The molecule has 1 N–H and O–H groups in total. The van der Waals surface area contributed by atoms with Gasteiger partial charge in [0, 0.05) is 42.6 Å². The second-order valence-electron chi connectivity index (χ2n) is 6.64. The van der Waals surface area contributed by atoms with Crippen LogP contribution >= 0.6 is 0 Å². The van der Waals surface area contributed by atoms with E-state index in [1.165, 1.54) is 11.1 Å². The van der Waals surface area contributed by atoms with Gasteiger partial charge in [-0.25, -0.2) is 9.97 Å². The smallest absolute Gasteiger partial charge is 0.225 e. The van der Waals surface area contributed by atoms with Gasteiger partial charge in [-0.3, -0.25) is 0 Å². The highest BCUT2D eigenvalue weighted by Gasteiger charge is 2.15. The topological polar surface area (TPSA) is 41.1 Å². The molecule has 1 aliphatic rings. The third kappa shape index (κ3) is 4.04. The zero-order chi connectivity index (χ0) is 14.8. The Bertz CT molecular complexity index is 500. The second kappa shape index (κ2) is 5.92. The van der Waals surface area contributed by atoms with Gasteiger partial charge in [0.1, 0.15) is 0 Å². The Morgan fingerprint density at radius 1 is 1.30 bits per heavy atom. The molecule has 0 radical (unpaired) electrons. The molecule has 0 saturated carbocycles. The first-order chi connectivity index (χ1) is 9.35. The molecule has 0 aliphatic carbocycles. The lowest BCUT2D eigenvalue weighted by Gasteiger charge is -2.27. The van der Waals surface area contributed by atoms with E-state index < -0.39 is 0 Å². The maximum absolute atomic E-state index is 4.68. The number of rotatable bonds is 3. The number of nitrogens with one attached hydrogen (secondary N) is 1. The monoisotopic (exact) mass is 274 g/mol. The number of hydrogen-bond donors (Lipinski definition) is 1. The van der Waals surface area contributed by atoms with Gasteiger partial charge in [0.05, 0.1) is 0 Å². The summed E-state index contributed by atoms with van der Waals surface area (Å²) < 4.78 is 0. The molecule has 2 rings (SSSR count). The highest BCUT2D eigenvalue weighted by atomic mass is 15.2. The normalized spacial score (nSPS) is 16.2. The predicted molar refractivity (Wildman–Crippen MR) is 83.9 cm³/mol. The quantitative estimate of drug-likeness (QED) is 0.861. The number of hydrogen-bond acceptors (Lipinski definition) is 4. The molecule has 0 amide bonds. The van der Waals surface area contributed by atoms with Crippen LogP contribution in [0.5, 0.6) is 0 Å². The zero-order valence-corrected chi connectivity index (χ0v) is 13.3. The fourth-order valence-electron chi connectivity index (χ4n) is 2.25. The Labute approximate surface area is 122 Å². The van der Waals surface area contributed by atoms with Crippen LogP contribution in [0.1, 0.15) is 45.4 Å². The summed E-state index contributed by atoms with van der Waals surface area (Å²) in [7, 11) is 0. The summed E-state index contributed by atoms with van der Waals surface area (Å²) in [6.07, 6.45) is 5.34. The molecular weight excluding hydrogens is 248 g/mol. The minimum atomic E-state index is 0.111. The molecule has 1 aliphatic heterocycles. The first-order valence-electron chi connectivity index (χ1n) is 7.33. The van der Waals surface area contributed by atoms with Crippen LogP contribution in [-0.2, 0) is 6.54 Å². The highest BCUT2D eigenvalue weighted by Crippen LogP contribution is 2.17. The molecule has 1 aromatic heterocycles. The average molecular weight is 274 g/mol. The van der Waals surface area contributed by atoms with E-state index in [1.807, 2.05) is 6.20 Å². The van der Waals surface area contributed by atoms with E-state index in [9.17, 15) is 0 Å². The van der Waals surface area contributed by atoms with Crippen molar-refractivity contribution in [3.8, 4) is 0 Å². The molecule has 0 aromatic carbocycles. The van der Waals surface area contributed by atoms with Crippen molar-refractivity contribution in [2.75, 3.05) is 18.0 Å². The van der Waals surface area contributed by atoms with Gasteiger partial charge in [0.2, 0.25) is 5.95 Å². The lowest BCUT2D eigenvalue weighted by Crippen LogP contribution is -2.35. The molecule has 0 fully saturated rings. The van der Waals surface area contributed by atoms with Crippen molar-refractivity contribution < 1.29 is 0 Å². The Morgan fingerprint density at radius 3 is 2.65 bits per heavy atom. The fraction of sp³-hybridized carbons (Fsp3) is 0.625. The average Bonchev–Trinajstić information content (AvgIpc) is 2.36. The molecule has 0 atom stereocenters. The first-order valence-corrected chi connectivity index (χ1v) is 7.33. The van der Waals surface area contributed by atoms with Gasteiger partial charge < -0.3 is 10.2 Å². The maximum Gasteiger partial charge on any atom is 0.225 e. The van der Waals surface area contributed by atoms with Crippen LogP contribution < -0.4 is 10.2 Å². The first kappa shape index (κ1) is 15.0. The van der Waals surface area contributed by atoms with E-state index in [0.717, 1.165) is 37.7 Å². The lowest BCUT2D eigenvalue weighted by molar-refractivity contribution is 0.423. The van der Waals surface area contributed by atoms with Gasteiger partial charge in [-0.2, -0.15) is 0 Å². The maximum atomic E-state index is 4.68. The van der Waals surface area contributed by atoms with Gasteiger partial charge in [0.25, 0.3) is 0 Å². The van der Waals surface area contributed by atoms with Gasteiger partial charge in [0.15, 0.2) is 0 Å². The van der Waals surface area contributed by atoms with E-state index >= 15 is 0 Å². The Hall–Kier alpha value is -1.42. The summed E-state index contributed by atoms with van der Waals surface area (Å²) >= 11 is 0. The summed E-state index contributed by atoms with van der Waals surface area (Å²) in [6.45, 7) is 13.5. The number of aromatic nitrogens is 2. The van der Waals surface area contributed by atoms with Crippen LogP contribution in [0.25, 0.3) is 0 Å². The van der Waals surface area contributed by atoms with Crippen LogP contribution in [-0.4, -0.2) is 28.6 Å². The lowest BCUT2D eigenvalue weighted by atomic mass is 10.1. The van der Waals surface area contributed by atoms with Gasteiger partial charge in [-0.05, 0) is 41.0 Å². The summed E-state index contributed by atoms with van der Waals surface area (Å²) in [5.74, 6) is 0.856. The van der Waals surface area contributed by atoms with Crippen LogP contribution in [0.15, 0.2) is 17.8 Å². The van der Waals surface area contributed by atoms with Crippen molar-refractivity contribution in [1.29, 1.82) is 0 Å². The summed E-state index contributed by atoms with van der Waals surface area (Å²) in [4.78, 5) is 11.5. The summed E-state index contributed by atoms with van der Waals surface area (Å²) in [6, 6.07) is 0. The van der Waals surface area contributed by atoms with Crippen molar-refractivity contribution in [1.82, 2.24) is 15.3 Å². The highest BCUT2D eigenvalue weighted by molar-refractivity contribution is 5.36. The zero-order valence-electron chi connectivity index (χ0n) is 13.3. The minimum Gasteiger partial charge on any atom is -0.337 e. The molecule has 2 heterocycles. The van der Waals surface area contributed by atoms with E-state index in [1.54, 1.807) is 0 Å². The fourth-order valence-corrected chi connectivity index (χ4v) is 2.25.